The van der Waals surface area contributed by atoms with Crippen LogP contribution in [0.15, 0.2) is 53.7 Å². The van der Waals surface area contributed by atoms with Gasteiger partial charge in [-0.25, -0.2) is 0 Å². The summed E-state index contributed by atoms with van der Waals surface area (Å²) in [5.74, 6) is 0.853. The number of aliphatic hydroxyl groups is 4. The van der Waals surface area contributed by atoms with Gasteiger partial charge in [-0.2, -0.15) is 0 Å². The number of rotatable bonds is 3. The average Bonchev–Trinajstić information content (AvgIpc) is 2.55. The summed E-state index contributed by atoms with van der Waals surface area (Å²) in [4.78, 5) is 0. The number of aliphatic hydroxyl groups excluding tert-OH is 2. The number of fused-ring (bicyclic) bond motifs is 1. The van der Waals surface area contributed by atoms with Gasteiger partial charge in [-0.15, -0.1) is 0 Å². The van der Waals surface area contributed by atoms with Crippen molar-refractivity contribution in [2.45, 2.75) is 12.2 Å². The van der Waals surface area contributed by atoms with E-state index in [-0.39, 0.29) is 23.5 Å². The van der Waals surface area contributed by atoms with Crippen molar-refractivity contribution in [2.75, 3.05) is 14.2 Å². The van der Waals surface area contributed by atoms with Gasteiger partial charge in [0, 0.05) is 12.2 Å². The SMILES string of the molecule is COC1=C(O)[C@@H](O)C=C2[OH+]C(c3ccc(OC)c(O)c3)C=C[C@@H]21. The average molecular weight is 319 g/mol. The van der Waals surface area contributed by atoms with Crippen LogP contribution in [0.1, 0.15) is 11.7 Å². The van der Waals surface area contributed by atoms with Crippen molar-refractivity contribution in [3.63, 3.8) is 0 Å². The molecule has 122 valence electrons. The molecule has 1 aromatic carbocycles. The van der Waals surface area contributed by atoms with Crippen molar-refractivity contribution in [2.24, 2.45) is 5.92 Å². The number of phenolic OH excluding ortho intramolecular Hbond substituents is 1. The lowest BCUT2D eigenvalue weighted by molar-refractivity contribution is -0.0481. The fraction of sp³-hybridized carbons (Fsp3) is 0.294. The van der Waals surface area contributed by atoms with E-state index in [4.69, 9.17) is 9.47 Å². The smallest absolute Gasteiger partial charge is 0.244 e. The fourth-order valence-electron chi connectivity index (χ4n) is 2.82. The van der Waals surface area contributed by atoms with Crippen LogP contribution in [-0.2, 0) is 4.74 Å². The van der Waals surface area contributed by atoms with Gasteiger partial charge in [0.2, 0.25) is 11.9 Å². The minimum Gasteiger partial charge on any atom is -0.577 e. The number of benzene rings is 1. The number of hydrogen-bond acceptors (Lipinski definition) is 5. The fourth-order valence-corrected chi connectivity index (χ4v) is 2.82. The molecule has 4 N–H and O–H groups in total. The molecule has 0 amide bonds. The molecule has 0 radical (unpaired) electrons. The Morgan fingerprint density at radius 1 is 1.09 bits per heavy atom. The Balaban J connectivity index is 1.91. The molecule has 1 aromatic rings. The second-order valence-electron chi connectivity index (χ2n) is 5.36. The van der Waals surface area contributed by atoms with Crippen LogP contribution < -0.4 is 4.74 Å². The van der Waals surface area contributed by atoms with Crippen molar-refractivity contribution in [1.82, 2.24) is 0 Å². The van der Waals surface area contributed by atoms with Gasteiger partial charge in [0.25, 0.3) is 0 Å². The van der Waals surface area contributed by atoms with Crippen LogP contribution in [0.4, 0.5) is 0 Å². The minimum atomic E-state index is -1.13. The topological polar surface area (TPSA) is 92.0 Å². The summed E-state index contributed by atoms with van der Waals surface area (Å²) in [5.41, 5.74) is 0.797. The molecule has 0 saturated carbocycles. The van der Waals surface area contributed by atoms with Crippen molar-refractivity contribution in [3.8, 4) is 11.5 Å². The van der Waals surface area contributed by atoms with Crippen molar-refractivity contribution in [3.05, 3.63) is 59.3 Å². The molecule has 6 heteroatoms. The molecule has 1 heterocycles. The molecule has 0 spiro atoms. The zero-order chi connectivity index (χ0) is 16.6. The quantitative estimate of drug-likeness (QED) is 0.584. The first-order valence-electron chi connectivity index (χ1n) is 7.18. The molecule has 1 aliphatic heterocycles. The van der Waals surface area contributed by atoms with E-state index in [1.807, 2.05) is 18.2 Å². The predicted molar refractivity (Wildman–Crippen MR) is 83.0 cm³/mol. The van der Waals surface area contributed by atoms with Crippen LogP contribution in [0, 0.1) is 5.92 Å². The zero-order valence-corrected chi connectivity index (χ0v) is 12.8. The largest absolute Gasteiger partial charge is 0.577 e. The maximum atomic E-state index is 9.91. The first kappa shape index (κ1) is 15.3. The van der Waals surface area contributed by atoms with Gasteiger partial charge >= 0.3 is 0 Å². The van der Waals surface area contributed by atoms with Crippen LogP contribution >= 0.6 is 0 Å². The Morgan fingerprint density at radius 2 is 1.87 bits per heavy atom. The van der Waals surface area contributed by atoms with Gasteiger partial charge in [0.1, 0.15) is 12.0 Å². The van der Waals surface area contributed by atoms with Crippen LogP contribution in [0.3, 0.4) is 0 Å². The number of ether oxygens (including phenoxy) is 3. The third kappa shape index (κ3) is 2.61. The number of methoxy groups -OCH3 is 2. The highest BCUT2D eigenvalue weighted by molar-refractivity contribution is 5.44. The Labute approximate surface area is 133 Å². The normalized spacial score (nSPS) is 26.2. The van der Waals surface area contributed by atoms with E-state index in [1.165, 1.54) is 20.3 Å². The molecule has 3 rings (SSSR count). The van der Waals surface area contributed by atoms with Gasteiger partial charge in [-0.05, 0) is 18.2 Å². The van der Waals surface area contributed by atoms with E-state index < -0.39 is 6.10 Å². The molecule has 1 unspecified atom stereocenters. The summed E-state index contributed by atoms with van der Waals surface area (Å²) in [7, 11) is 2.94. The van der Waals surface area contributed by atoms with E-state index in [0.717, 1.165) is 5.56 Å². The van der Waals surface area contributed by atoms with Crippen LogP contribution in [-0.4, -0.2) is 40.4 Å². The zero-order valence-electron chi connectivity index (χ0n) is 12.8. The Kier molecular flexibility index (Phi) is 3.92. The summed E-state index contributed by atoms with van der Waals surface area (Å²) in [6, 6.07) is 5.10. The first-order valence-corrected chi connectivity index (χ1v) is 7.18. The molecular formula is C17H19O6+. The Bertz CT molecular complexity index is 703. The standard InChI is InChI=1S/C17H18O6/c1-21-14-5-3-9(7-11(14)18)13-6-4-10-15(23-13)8-12(19)16(20)17(10)22-2/h3-8,10,12-13,18-20H,1-2H3/p+1/t10-,12-,13?/m0/s1. The molecule has 3 atom stereocenters. The molecule has 0 fully saturated rings. The molecular weight excluding hydrogens is 300 g/mol. The van der Waals surface area contributed by atoms with E-state index in [9.17, 15) is 15.3 Å². The van der Waals surface area contributed by atoms with E-state index in [0.29, 0.717) is 17.3 Å². The highest BCUT2D eigenvalue weighted by Gasteiger charge is 2.38. The van der Waals surface area contributed by atoms with Crippen molar-refractivity contribution < 1.29 is 29.5 Å². The molecule has 0 saturated heterocycles. The van der Waals surface area contributed by atoms with Crippen LogP contribution in [0.25, 0.3) is 0 Å². The van der Waals surface area contributed by atoms with Gasteiger partial charge in [-0.1, -0.05) is 6.08 Å². The highest BCUT2D eigenvalue weighted by atomic mass is 16.5. The summed E-state index contributed by atoms with van der Waals surface area (Å²) in [5, 5.41) is 29.7. The van der Waals surface area contributed by atoms with Gasteiger partial charge in [0.15, 0.2) is 23.0 Å². The third-order valence-corrected chi connectivity index (χ3v) is 4.00. The van der Waals surface area contributed by atoms with Crippen molar-refractivity contribution in [1.29, 1.82) is 0 Å². The molecule has 2 aliphatic rings. The van der Waals surface area contributed by atoms with Crippen LogP contribution in [0.5, 0.6) is 11.5 Å². The lowest BCUT2D eigenvalue weighted by Crippen LogP contribution is -2.28. The predicted octanol–water partition coefficient (Wildman–Crippen LogP) is 1.83. The number of hydrogen-bond donors (Lipinski definition) is 3. The Morgan fingerprint density at radius 3 is 2.52 bits per heavy atom. The monoisotopic (exact) mass is 319 g/mol. The maximum absolute atomic E-state index is 9.91. The van der Waals surface area contributed by atoms with E-state index >= 15 is 0 Å². The molecule has 1 aliphatic carbocycles. The summed E-state index contributed by atoms with van der Waals surface area (Å²) in [6.07, 6.45) is 3.82. The van der Waals surface area contributed by atoms with Crippen molar-refractivity contribution >= 4 is 0 Å². The third-order valence-electron chi connectivity index (χ3n) is 4.00. The van der Waals surface area contributed by atoms with Crippen LogP contribution in [0.2, 0.25) is 0 Å². The number of aromatic hydroxyl groups is 1. The lowest BCUT2D eigenvalue weighted by Gasteiger charge is -2.29. The maximum Gasteiger partial charge on any atom is 0.244 e. The molecule has 6 nitrogen and oxygen atoms in total. The highest BCUT2D eigenvalue weighted by Crippen LogP contribution is 2.39. The second-order valence-corrected chi connectivity index (χ2v) is 5.36. The second kappa shape index (κ2) is 5.89. The lowest BCUT2D eigenvalue weighted by atomic mass is 9.91. The van der Waals surface area contributed by atoms with Gasteiger partial charge in [0.05, 0.1) is 19.8 Å². The molecule has 0 bridgehead atoms. The van der Waals surface area contributed by atoms with Gasteiger partial charge in [-0.3, -0.25) is 0 Å². The summed E-state index contributed by atoms with van der Waals surface area (Å²) in [6.45, 7) is 0. The summed E-state index contributed by atoms with van der Waals surface area (Å²) < 4.78 is 14.8. The molecule has 0 aromatic heterocycles. The van der Waals surface area contributed by atoms with E-state index in [1.54, 1.807) is 12.1 Å². The minimum absolute atomic E-state index is 0.0449. The number of phenols is 1. The summed E-state index contributed by atoms with van der Waals surface area (Å²) >= 11 is 0. The molecule has 23 heavy (non-hydrogen) atoms. The van der Waals surface area contributed by atoms with Gasteiger partial charge < -0.3 is 29.5 Å². The van der Waals surface area contributed by atoms with E-state index in [2.05, 4.69) is 4.74 Å². The Hall–Kier alpha value is -2.60. The first-order chi connectivity index (χ1) is 11.0.